The molecule has 0 aromatic carbocycles. The van der Waals surface area contributed by atoms with E-state index in [0.717, 1.165) is 22.0 Å². The summed E-state index contributed by atoms with van der Waals surface area (Å²) in [6.07, 6.45) is 7.32. The average molecular weight is 338 g/mol. The van der Waals surface area contributed by atoms with Crippen molar-refractivity contribution >= 4 is 10.9 Å². The van der Waals surface area contributed by atoms with E-state index in [-0.39, 0.29) is 0 Å². The number of pyridine rings is 1. The number of aromatic nitrogens is 4. The summed E-state index contributed by atoms with van der Waals surface area (Å²) >= 11 is 0. The molecule has 0 atom stereocenters. The molecule has 0 spiro atoms. The standard InChI is InChI=1S/C19H22N4O2/c1-18(2,24)6-5-14-7-15-16(13-8-21-22-9-13)11-23(12-19(3,4)25)17(15)10-20-14/h7-11,24-25H,12H2,1-4H3,(H,21,22). The summed E-state index contributed by atoms with van der Waals surface area (Å²) in [4.78, 5) is 4.38. The number of rotatable bonds is 3. The van der Waals surface area contributed by atoms with Gasteiger partial charge in [-0.3, -0.25) is 5.10 Å². The molecule has 0 radical (unpaired) electrons. The van der Waals surface area contributed by atoms with E-state index >= 15 is 0 Å². The third kappa shape index (κ3) is 4.08. The van der Waals surface area contributed by atoms with Gasteiger partial charge in [-0.2, -0.15) is 5.10 Å². The van der Waals surface area contributed by atoms with Crippen molar-refractivity contribution in [1.29, 1.82) is 0 Å². The Hall–Kier alpha value is -2.62. The monoisotopic (exact) mass is 338 g/mol. The topological polar surface area (TPSA) is 87.0 Å². The van der Waals surface area contributed by atoms with Gasteiger partial charge in [0.2, 0.25) is 0 Å². The van der Waals surface area contributed by atoms with E-state index in [4.69, 9.17) is 0 Å². The molecule has 0 unspecified atom stereocenters. The van der Waals surface area contributed by atoms with Crippen LogP contribution in [0.4, 0.5) is 0 Å². The molecule has 6 heteroatoms. The molecule has 3 rings (SSSR count). The molecule has 3 N–H and O–H groups in total. The van der Waals surface area contributed by atoms with Crippen LogP contribution in [0.25, 0.3) is 22.0 Å². The zero-order valence-electron chi connectivity index (χ0n) is 14.8. The van der Waals surface area contributed by atoms with Crippen LogP contribution in [0.15, 0.2) is 30.9 Å². The Bertz CT molecular complexity index is 946. The van der Waals surface area contributed by atoms with E-state index in [1.165, 1.54) is 0 Å². The Labute approximate surface area is 146 Å². The quantitative estimate of drug-likeness (QED) is 0.640. The zero-order chi connectivity index (χ0) is 18.2. The molecule has 3 aromatic rings. The molecule has 0 saturated carbocycles. The van der Waals surface area contributed by atoms with Gasteiger partial charge in [0.1, 0.15) is 11.3 Å². The maximum absolute atomic E-state index is 10.2. The molecule has 0 amide bonds. The molecular formula is C19H22N4O2. The van der Waals surface area contributed by atoms with Crippen LogP contribution >= 0.6 is 0 Å². The largest absolute Gasteiger partial charge is 0.389 e. The third-order valence-electron chi connectivity index (χ3n) is 3.63. The van der Waals surface area contributed by atoms with Gasteiger partial charge in [0.05, 0.1) is 30.1 Å². The lowest BCUT2D eigenvalue weighted by Gasteiger charge is -2.18. The Morgan fingerprint density at radius 2 is 1.96 bits per heavy atom. The fraction of sp³-hybridized carbons (Fsp3) is 0.368. The number of hydrogen-bond acceptors (Lipinski definition) is 4. The maximum atomic E-state index is 10.2. The van der Waals surface area contributed by atoms with Gasteiger partial charge in [0.15, 0.2) is 0 Å². The predicted molar refractivity (Wildman–Crippen MR) is 96.8 cm³/mol. The van der Waals surface area contributed by atoms with Gasteiger partial charge in [-0.25, -0.2) is 4.98 Å². The maximum Gasteiger partial charge on any atom is 0.120 e. The summed E-state index contributed by atoms with van der Waals surface area (Å²) < 4.78 is 1.98. The molecular weight excluding hydrogens is 316 g/mol. The molecule has 25 heavy (non-hydrogen) atoms. The van der Waals surface area contributed by atoms with Crippen LogP contribution in [0.5, 0.6) is 0 Å². The summed E-state index contributed by atoms with van der Waals surface area (Å²) in [5.74, 6) is 5.69. The predicted octanol–water partition coefficient (Wildman–Crippen LogP) is 2.32. The molecule has 130 valence electrons. The molecule has 0 saturated heterocycles. The molecule has 0 aliphatic rings. The molecule has 6 nitrogen and oxygen atoms in total. The first-order chi connectivity index (χ1) is 11.6. The van der Waals surface area contributed by atoms with Crippen molar-refractivity contribution in [2.24, 2.45) is 0 Å². The fourth-order valence-corrected chi connectivity index (χ4v) is 2.65. The lowest BCUT2D eigenvalue weighted by molar-refractivity contribution is 0.0628. The molecule has 0 aliphatic carbocycles. The molecule has 3 heterocycles. The van der Waals surface area contributed by atoms with Crippen LogP contribution < -0.4 is 0 Å². The number of H-pyrrole nitrogens is 1. The van der Waals surface area contributed by atoms with Gasteiger partial charge < -0.3 is 14.8 Å². The van der Waals surface area contributed by atoms with E-state index in [9.17, 15) is 10.2 Å². The Kier molecular flexibility index (Phi) is 4.15. The van der Waals surface area contributed by atoms with Crippen molar-refractivity contribution in [2.75, 3.05) is 0 Å². The third-order valence-corrected chi connectivity index (χ3v) is 3.63. The smallest absolute Gasteiger partial charge is 0.120 e. The van der Waals surface area contributed by atoms with E-state index in [1.54, 1.807) is 40.1 Å². The highest BCUT2D eigenvalue weighted by Gasteiger charge is 2.18. The van der Waals surface area contributed by atoms with Gasteiger partial charge in [0.25, 0.3) is 0 Å². The number of aromatic amines is 1. The van der Waals surface area contributed by atoms with Crippen molar-refractivity contribution in [3.05, 3.63) is 36.5 Å². The highest BCUT2D eigenvalue weighted by atomic mass is 16.3. The Morgan fingerprint density at radius 3 is 2.56 bits per heavy atom. The summed E-state index contributed by atoms with van der Waals surface area (Å²) in [7, 11) is 0. The van der Waals surface area contributed by atoms with Gasteiger partial charge in [-0.1, -0.05) is 5.92 Å². The van der Waals surface area contributed by atoms with E-state index < -0.39 is 11.2 Å². The van der Waals surface area contributed by atoms with Gasteiger partial charge in [-0.05, 0) is 39.7 Å². The normalized spacial score (nSPS) is 12.2. The second-order valence-corrected chi connectivity index (χ2v) is 7.37. The Balaban J connectivity index is 2.16. The van der Waals surface area contributed by atoms with Crippen LogP contribution in [0.2, 0.25) is 0 Å². The highest BCUT2D eigenvalue weighted by molar-refractivity contribution is 5.96. The summed E-state index contributed by atoms with van der Waals surface area (Å²) in [6.45, 7) is 7.25. The van der Waals surface area contributed by atoms with E-state index in [2.05, 4.69) is 27.0 Å². The van der Waals surface area contributed by atoms with E-state index in [1.807, 2.05) is 23.0 Å². The second kappa shape index (κ2) is 6.03. The molecule has 0 aliphatic heterocycles. The average Bonchev–Trinajstić information content (AvgIpc) is 3.11. The number of nitrogens with one attached hydrogen (secondary N) is 1. The first kappa shape index (κ1) is 17.2. The number of hydrogen-bond donors (Lipinski definition) is 3. The van der Waals surface area contributed by atoms with Crippen LogP contribution in [0, 0.1) is 11.8 Å². The second-order valence-electron chi connectivity index (χ2n) is 7.37. The van der Waals surface area contributed by atoms with Crippen molar-refractivity contribution in [3.63, 3.8) is 0 Å². The SMILES string of the molecule is CC(C)(O)C#Cc1cc2c(-c3cn[nH]c3)cn(CC(C)(C)O)c2cn1. The van der Waals surface area contributed by atoms with Crippen molar-refractivity contribution in [1.82, 2.24) is 19.7 Å². The minimum atomic E-state index is -1.07. The van der Waals surface area contributed by atoms with Gasteiger partial charge in [-0.15, -0.1) is 0 Å². The Morgan fingerprint density at radius 1 is 1.20 bits per heavy atom. The lowest BCUT2D eigenvalue weighted by Crippen LogP contribution is -2.25. The summed E-state index contributed by atoms with van der Waals surface area (Å²) in [6, 6.07) is 1.90. The molecule has 0 bridgehead atoms. The minimum absolute atomic E-state index is 0.442. The first-order valence-corrected chi connectivity index (χ1v) is 8.08. The number of nitrogens with zero attached hydrogens (tertiary/aromatic N) is 3. The van der Waals surface area contributed by atoms with Crippen molar-refractivity contribution in [3.8, 4) is 23.0 Å². The highest BCUT2D eigenvalue weighted by Crippen LogP contribution is 2.31. The fourth-order valence-electron chi connectivity index (χ4n) is 2.65. The van der Waals surface area contributed by atoms with E-state index in [0.29, 0.717) is 12.2 Å². The van der Waals surface area contributed by atoms with Crippen LogP contribution in [-0.2, 0) is 6.54 Å². The van der Waals surface area contributed by atoms with Crippen molar-refractivity contribution in [2.45, 2.75) is 45.4 Å². The molecule has 0 fully saturated rings. The van der Waals surface area contributed by atoms with Gasteiger partial charge >= 0.3 is 0 Å². The van der Waals surface area contributed by atoms with Crippen LogP contribution in [-0.4, -0.2) is 41.2 Å². The zero-order valence-corrected chi connectivity index (χ0v) is 14.8. The van der Waals surface area contributed by atoms with Crippen molar-refractivity contribution < 1.29 is 10.2 Å². The number of aliphatic hydroxyl groups is 2. The van der Waals surface area contributed by atoms with Crippen LogP contribution in [0.3, 0.4) is 0 Å². The summed E-state index contributed by atoms with van der Waals surface area (Å²) in [5.41, 5.74) is 1.51. The molecule has 3 aromatic heterocycles. The summed E-state index contributed by atoms with van der Waals surface area (Å²) in [5, 5.41) is 27.8. The minimum Gasteiger partial charge on any atom is -0.389 e. The first-order valence-electron chi connectivity index (χ1n) is 8.08. The van der Waals surface area contributed by atoms with Gasteiger partial charge in [0, 0.05) is 28.9 Å². The lowest BCUT2D eigenvalue weighted by atomic mass is 10.1. The number of fused-ring (bicyclic) bond motifs is 1. The van der Waals surface area contributed by atoms with Crippen LogP contribution in [0.1, 0.15) is 33.4 Å².